The van der Waals surface area contributed by atoms with E-state index in [1.54, 1.807) is 7.05 Å². The molecule has 24 heavy (non-hydrogen) atoms. The van der Waals surface area contributed by atoms with Crippen molar-refractivity contribution in [2.75, 3.05) is 26.0 Å². The summed E-state index contributed by atoms with van der Waals surface area (Å²) in [7, 11) is 3.83. The van der Waals surface area contributed by atoms with Crippen LogP contribution in [0.15, 0.2) is 41.5 Å². The van der Waals surface area contributed by atoms with E-state index in [-0.39, 0.29) is 5.91 Å². The maximum Gasteiger partial charge on any atom is 0.276 e. The van der Waals surface area contributed by atoms with Crippen LogP contribution < -0.4 is 10.7 Å². The number of hydrogen-bond acceptors (Lipinski definition) is 4. The third kappa shape index (κ3) is 2.29. The van der Waals surface area contributed by atoms with Gasteiger partial charge in [-0.3, -0.25) is 4.79 Å². The topological polar surface area (TPSA) is 56.7 Å². The summed E-state index contributed by atoms with van der Waals surface area (Å²) in [5.41, 5.74) is 9.97. The SMILES string of the molecule is CNN=C1C(=O)Nc2c1cc(-c1ccccc1)c1c2CN(C)CC1. The predicted molar refractivity (Wildman–Crippen MR) is 96.1 cm³/mol. The highest BCUT2D eigenvalue weighted by Crippen LogP contribution is 2.39. The summed E-state index contributed by atoms with van der Waals surface area (Å²) in [5.74, 6) is -0.139. The highest BCUT2D eigenvalue weighted by atomic mass is 16.2. The molecule has 122 valence electrons. The van der Waals surface area contributed by atoms with Crippen molar-refractivity contribution in [3.05, 3.63) is 53.1 Å². The van der Waals surface area contributed by atoms with Gasteiger partial charge in [-0.05, 0) is 41.8 Å². The molecule has 0 saturated heterocycles. The molecular formula is C19H20N4O. The van der Waals surface area contributed by atoms with Crippen LogP contribution in [0, 0.1) is 0 Å². The lowest BCUT2D eigenvalue weighted by molar-refractivity contribution is -0.110. The van der Waals surface area contributed by atoms with Gasteiger partial charge in [-0.1, -0.05) is 30.3 Å². The van der Waals surface area contributed by atoms with Crippen LogP contribution in [0.3, 0.4) is 0 Å². The predicted octanol–water partition coefficient (Wildman–Crippen LogP) is 2.22. The number of rotatable bonds is 2. The summed E-state index contributed by atoms with van der Waals surface area (Å²) in [6.07, 6.45) is 0.984. The molecule has 0 aromatic heterocycles. The Morgan fingerprint density at radius 2 is 1.96 bits per heavy atom. The van der Waals surface area contributed by atoms with Crippen molar-refractivity contribution in [2.24, 2.45) is 5.10 Å². The van der Waals surface area contributed by atoms with Crippen LogP contribution >= 0.6 is 0 Å². The molecule has 2 aliphatic rings. The van der Waals surface area contributed by atoms with Gasteiger partial charge in [0, 0.05) is 25.7 Å². The molecule has 5 nitrogen and oxygen atoms in total. The molecule has 0 unspecified atom stereocenters. The van der Waals surface area contributed by atoms with E-state index in [0.29, 0.717) is 5.71 Å². The van der Waals surface area contributed by atoms with Gasteiger partial charge in [0.1, 0.15) is 0 Å². The van der Waals surface area contributed by atoms with Crippen molar-refractivity contribution < 1.29 is 4.79 Å². The molecule has 0 bridgehead atoms. The standard InChI is InChI=1S/C19H20N4O/c1-20-22-18-15-10-14(12-6-4-3-5-7-12)13-8-9-23(2)11-16(13)17(15)21-19(18)24/h3-7,10,20H,8-9,11H2,1-2H3,(H,21,22,24). The number of nitrogens with one attached hydrogen (secondary N) is 2. The Bertz CT molecular complexity index is 842. The highest BCUT2D eigenvalue weighted by molar-refractivity contribution is 6.54. The molecule has 0 spiro atoms. The van der Waals surface area contributed by atoms with E-state index in [2.05, 4.69) is 58.1 Å². The number of hydrogen-bond donors (Lipinski definition) is 2. The minimum absolute atomic E-state index is 0.139. The van der Waals surface area contributed by atoms with Crippen LogP contribution in [0.1, 0.15) is 16.7 Å². The Labute approximate surface area is 141 Å². The molecule has 2 aromatic rings. The van der Waals surface area contributed by atoms with Crippen LogP contribution in [-0.4, -0.2) is 37.2 Å². The van der Waals surface area contributed by atoms with Crippen LogP contribution in [0.4, 0.5) is 5.69 Å². The highest BCUT2D eigenvalue weighted by Gasteiger charge is 2.33. The fourth-order valence-electron chi connectivity index (χ4n) is 3.61. The maximum atomic E-state index is 12.3. The first kappa shape index (κ1) is 14.9. The molecule has 0 radical (unpaired) electrons. The molecule has 0 atom stereocenters. The van der Waals surface area contributed by atoms with Gasteiger partial charge in [-0.25, -0.2) is 0 Å². The van der Waals surface area contributed by atoms with Crippen molar-refractivity contribution in [2.45, 2.75) is 13.0 Å². The number of nitrogens with zero attached hydrogens (tertiary/aromatic N) is 2. The van der Waals surface area contributed by atoms with Crippen LogP contribution in [0.2, 0.25) is 0 Å². The van der Waals surface area contributed by atoms with Crippen molar-refractivity contribution in [3.8, 4) is 11.1 Å². The third-order valence-electron chi connectivity index (χ3n) is 4.74. The molecule has 4 rings (SSSR count). The fourth-order valence-corrected chi connectivity index (χ4v) is 3.61. The summed E-state index contributed by atoms with van der Waals surface area (Å²) in [6, 6.07) is 12.5. The number of likely N-dealkylation sites (N-methyl/N-ethyl adjacent to an activating group) is 1. The Hall–Kier alpha value is -2.66. The maximum absolute atomic E-state index is 12.3. The zero-order valence-corrected chi connectivity index (χ0v) is 13.9. The molecule has 0 saturated carbocycles. The second kappa shape index (κ2) is 5.76. The van der Waals surface area contributed by atoms with E-state index in [1.165, 1.54) is 22.3 Å². The molecular weight excluding hydrogens is 300 g/mol. The van der Waals surface area contributed by atoms with Crippen LogP contribution in [0.5, 0.6) is 0 Å². The minimum atomic E-state index is -0.139. The summed E-state index contributed by atoms with van der Waals surface area (Å²) < 4.78 is 0. The zero-order valence-electron chi connectivity index (χ0n) is 13.9. The van der Waals surface area contributed by atoms with Crippen molar-refractivity contribution in [1.82, 2.24) is 10.3 Å². The molecule has 2 N–H and O–H groups in total. The van der Waals surface area contributed by atoms with E-state index in [9.17, 15) is 4.79 Å². The Morgan fingerprint density at radius 1 is 1.17 bits per heavy atom. The van der Waals surface area contributed by atoms with E-state index in [0.717, 1.165) is 30.8 Å². The number of carbonyl (C=O) groups is 1. The first-order valence-corrected chi connectivity index (χ1v) is 8.18. The minimum Gasteiger partial charge on any atom is -0.320 e. The summed E-state index contributed by atoms with van der Waals surface area (Å²) >= 11 is 0. The van der Waals surface area contributed by atoms with Crippen LogP contribution in [-0.2, 0) is 17.8 Å². The number of anilines is 1. The average molecular weight is 320 g/mol. The van der Waals surface area contributed by atoms with E-state index in [4.69, 9.17) is 0 Å². The number of carbonyl (C=O) groups excluding carboxylic acids is 1. The molecule has 1 amide bonds. The quantitative estimate of drug-likeness (QED) is 0.834. The first-order chi connectivity index (χ1) is 11.7. The lowest BCUT2D eigenvalue weighted by Crippen LogP contribution is -2.27. The lowest BCUT2D eigenvalue weighted by atomic mass is 9.87. The lowest BCUT2D eigenvalue weighted by Gasteiger charge is -2.29. The number of amides is 1. The molecule has 0 fully saturated rings. The van der Waals surface area contributed by atoms with Gasteiger partial charge in [-0.15, -0.1) is 0 Å². The van der Waals surface area contributed by atoms with Gasteiger partial charge >= 0.3 is 0 Å². The number of benzene rings is 2. The molecule has 0 aliphatic carbocycles. The van der Waals surface area contributed by atoms with Crippen molar-refractivity contribution in [1.29, 1.82) is 0 Å². The Morgan fingerprint density at radius 3 is 2.71 bits per heavy atom. The summed E-state index contributed by atoms with van der Waals surface area (Å²) in [6.45, 7) is 1.86. The second-order valence-corrected chi connectivity index (χ2v) is 6.30. The van der Waals surface area contributed by atoms with Gasteiger partial charge < -0.3 is 15.6 Å². The van der Waals surface area contributed by atoms with Gasteiger partial charge in [-0.2, -0.15) is 5.10 Å². The zero-order chi connectivity index (χ0) is 16.7. The van der Waals surface area contributed by atoms with E-state index in [1.807, 2.05) is 6.07 Å². The molecule has 5 heteroatoms. The van der Waals surface area contributed by atoms with E-state index < -0.39 is 0 Å². The largest absolute Gasteiger partial charge is 0.320 e. The molecule has 2 aromatic carbocycles. The van der Waals surface area contributed by atoms with Gasteiger partial charge in [0.15, 0.2) is 5.71 Å². The smallest absolute Gasteiger partial charge is 0.276 e. The normalized spacial score (nSPS) is 18.2. The summed E-state index contributed by atoms with van der Waals surface area (Å²) in [4.78, 5) is 14.6. The third-order valence-corrected chi connectivity index (χ3v) is 4.74. The van der Waals surface area contributed by atoms with Gasteiger partial charge in [0.25, 0.3) is 5.91 Å². The van der Waals surface area contributed by atoms with E-state index >= 15 is 0 Å². The molecule has 2 aliphatic heterocycles. The second-order valence-electron chi connectivity index (χ2n) is 6.30. The average Bonchev–Trinajstić information content (AvgIpc) is 2.91. The van der Waals surface area contributed by atoms with Gasteiger partial charge in [0.2, 0.25) is 0 Å². The fraction of sp³-hybridized carbons (Fsp3) is 0.263. The molecule has 2 heterocycles. The van der Waals surface area contributed by atoms with Gasteiger partial charge in [0.05, 0.1) is 5.69 Å². The van der Waals surface area contributed by atoms with Crippen molar-refractivity contribution >= 4 is 17.3 Å². The van der Waals surface area contributed by atoms with Crippen LogP contribution in [0.25, 0.3) is 11.1 Å². The van der Waals surface area contributed by atoms with Crippen molar-refractivity contribution in [3.63, 3.8) is 0 Å². The monoisotopic (exact) mass is 320 g/mol. The Kier molecular flexibility index (Phi) is 3.58. The Balaban J connectivity index is 1.98. The summed E-state index contributed by atoms with van der Waals surface area (Å²) in [5, 5.41) is 7.21. The first-order valence-electron chi connectivity index (χ1n) is 8.18. The number of hydrazone groups is 1. The number of fused-ring (bicyclic) bond motifs is 3.